The zero-order chi connectivity index (χ0) is 15.4. The molecule has 112 valence electrons. The van der Waals surface area contributed by atoms with Gasteiger partial charge in [0.15, 0.2) is 0 Å². The Morgan fingerprint density at radius 3 is 2.19 bits per heavy atom. The van der Waals surface area contributed by atoms with Gasteiger partial charge in [-0.2, -0.15) is 0 Å². The summed E-state index contributed by atoms with van der Waals surface area (Å²) in [5.41, 5.74) is 3.06. The van der Waals surface area contributed by atoms with Gasteiger partial charge in [-0.15, -0.1) is 0 Å². The van der Waals surface area contributed by atoms with Gasteiger partial charge in [0.25, 0.3) is 0 Å². The average Bonchev–Trinajstić information content (AvgIpc) is 2.46. The van der Waals surface area contributed by atoms with Crippen LogP contribution in [0, 0.1) is 5.82 Å². The SMILES string of the molecule is CCNC(c1ccc(C(C)C)cc1)c1ccc(Br)cc1F. The molecule has 3 heteroatoms. The molecule has 0 amide bonds. The van der Waals surface area contributed by atoms with Crippen LogP contribution in [0.1, 0.15) is 49.4 Å². The van der Waals surface area contributed by atoms with Crippen molar-refractivity contribution in [2.75, 3.05) is 6.54 Å². The minimum Gasteiger partial charge on any atom is -0.306 e. The molecular formula is C18H21BrFN. The normalized spacial score (nSPS) is 12.7. The van der Waals surface area contributed by atoms with Crippen molar-refractivity contribution in [1.82, 2.24) is 5.32 Å². The van der Waals surface area contributed by atoms with Gasteiger partial charge in [-0.1, -0.05) is 67.0 Å². The summed E-state index contributed by atoms with van der Waals surface area (Å²) in [6.07, 6.45) is 0. The van der Waals surface area contributed by atoms with Gasteiger partial charge in [-0.05, 0) is 35.7 Å². The van der Waals surface area contributed by atoms with Crippen molar-refractivity contribution in [2.45, 2.75) is 32.7 Å². The summed E-state index contributed by atoms with van der Waals surface area (Å²) >= 11 is 3.31. The number of nitrogens with one attached hydrogen (secondary N) is 1. The van der Waals surface area contributed by atoms with E-state index in [0.717, 1.165) is 16.6 Å². The second-order valence-electron chi connectivity index (χ2n) is 5.48. The van der Waals surface area contributed by atoms with E-state index in [9.17, 15) is 4.39 Å². The molecule has 0 bridgehead atoms. The first-order chi connectivity index (χ1) is 10.0. The molecule has 0 fully saturated rings. The van der Waals surface area contributed by atoms with Gasteiger partial charge in [0.2, 0.25) is 0 Å². The molecule has 0 heterocycles. The molecule has 1 unspecified atom stereocenters. The lowest BCUT2D eigenvalue weighted by atomic mass is 9.95. The Bertz CT molecular complexity index is 593. The van der Waals surface area contributed by atoms with Crippen LogP contribution in [0.25, 0.3) is 0 Å². The van der Waals surface area contributed by atoms with Gasteiger partial charge in [0.1, 0.15) is 5.82 Å². The molecule has 2 aromatic rings. The first-order valence-corrected chi connectivity index (χ1v) is 8.10. The third kappa shape index (κ3) is 3.92. The minimum atomic E-state index is -0.191. The molecule has 1 N–H and O–H groups in total. The first-order valence-electron chi connectivity index (χ1n) is 7.31. The summed E-state index contributed by atoms with van der Waals surface area (Å²) in [6, 6.07) is 13.5. The monoisotopic (exact) mass is 349 g/mol. The van der Waals surface area contributed by atoms with E-state index in [1.54, 1.807) is 0 Å². The molecular weight excluding hydrogens is 329 g/mol. The van der Waals surface area contributed by atoms with Crippen LogP contribution >= 0.6 is 15.9 Å². The van der Waals surface area contributed by atoms with Crippen LogP contribution < -0.4 is 5.32 Å². The van der Waals surface area contributed by atoms with E-state index in [1.165, 1.54) is 11.6 Å². The van der Waals surface area contributed by atoms with E-state index in [0.29, 0.717) is 11.5 Å². The summed E-state index contributed by atoms with van der Waals surface area (Å²) < 4.78 is 15.0. The average molecular weight is 350 g/mol. The Kier molecular flexibility index (Phi) is 5.54. The predicted molar refractivity (Wildman–Crippen MR) is 90.2 cm³/mol. The van der Waals surface area contributed by atoms with Gasteiger partial charge in [-0.25, -0.2) is 4.39 Å². The van der Waals surface area contributed by atoms with Crippen molar-refractivity contribution in [3.8, 4) is 0 Å². The Balaban J connectivity index is 2.38. The number of benzene rings is 2. The van der Waals surface area contributed by atoms with Crippen molar-refractivity contribution >= 4 is 15.9 Å². The fourth-order valence-corrected chi connectivity index (χ4v) is 2.75. The summed E-state index contributed by atoms with van der Waals surface area (Å²) in [5, 5.41) is 3.37. The lowest BCUT2D eigenvalue weighted by Crippen LogP contribution is -2.23. The standard InChI is InChI=1S/C18H21BrFN/c1-4-21-18(16-10-9-15(19)11-17(16)20)14-7-5-13(6-8-14)12(2)3/h5-12,18,21H,4H2,1-3H3. The topological polar surface area (TPSA) is 12.0 Å². The van der Waals surface area contributed by atoms with Crippen LogP contribution in [0.5, 0.6) is 0 Å². The Hall–Kier alpha value is -1.19. The maximum Gasteiger partial charge on any atom is 0.129 e. The van der Waals surface area contributed by atoms with Crippen LogP contribution in [-0.2, 0) is 0 Å². The van der Waals surface area contributed by atoms with E-state index in [4.69, 9.17) is 0 Å². The minimum absolute atomic E-state index is 0.121. The second-order valence-corrected chi connectivity index (χ2v) is 6.39. The van der Waals surface area contributed by atoms with Crippen LogP contribution in [-0.4, -0.2) is 6.54 Å². The van der Waals surface area contributed by atoms with Crippen molar-refractivity contribution < 1.29 is 4.39 Å². The molecule has 0 radical (unpaired) electrons. The summed E-state index contributed by atoms with van der Waals surface area (Å²) in [4.78, 5) is 0. The molecule has 0 spiro atoms. The van der Waals surface area contributed by atoms with Gasteiger partial charge in [-0.3, -0.25) is 0 Å². The first kappa shape index (κ1) is 16.2. The number of rotatable bonds is 5. The smallest absolute Gasteiger partial charge is 0.129 e. The maximum absolute atomic E-state index is 14.2. The molecule has 0 saturated carbocycles. The number of halogens is 2. The molecule has 21 heavy (non-hydrogen) atoms. The molecule has 0 aliphatic rings. The van der Waals surface area contributed by atoms with Crippen molar-refractivity contribution in [1.29, 1.82) is 0 Å². The van der Waals surface area contributed by atoms with Gasteiger partial charge in [0.05, 0.1) is 6.04 Å². The van der Waals surface area contributed by atoms with Crippen LogP contribution in [0.3, 0.4) is 0 Å². The molecule has 0 aliphatic heterocycles. The van der Waals surface area contributed by atoms with E-state index in [2.05, 4.69) is 59.4 Å². The highest BCUT2D eigenvalue weighted by molar-refractivity contribution is 9.10. The van der Waals surface area contributed by atoms with E-state index < -0.39 is 0 Å². The quantitative estimate of drug-likeness (QED) is 0.760. The Morgan fingerprint density at radius 2 is 1.67 bits per heavy atom. The second kappa shape index (κ2) is 7.19. The van der Waals surface area contributed by atoms with Crippen molar-refractivity contribution in [3.63, 3.8) is 0 Å². The van der Waals surface area contributed by atoms with E-state index >= 15 is 0 Å². The summed E-state index contributed by atoms with van der Waals surface area (Å²) in [6.45, 7) is 7.16. The lowest BCUT2D eigenvalue weighted by molar-refractivity contribution is 0.558. The highest BCUT2D eigenvalue weighted by Gasteiger charge is 2.17. The van der Waals surface area contributed by atoms with E-state index in [-0.39, 0.29) is 11.9 Å². The largest absolute Gasteiger partial charge is 0.306 e. The fourth-order valence-electron chi connectivity index (χ4n) is 2.42. The molecule has 2 aromatic carbocycles. The zero-order valence-corrected chi connectivity index (χ0v) is 14.2. The third-order valence-corrected chi connectivity index (χ3v) is 4.11. The molecule has 0 saturated heterocycles. The Labute approximate surface area is 134 Å². The highest BCUT2D eigenvalue weighted by Crippen LogP contribution is 2.27. The fraction of sp³-hybridized carbons (Fsp3) is 0.333. The molecule has 2 rings (SSSR count). The van der Waals surface area contributed by atoms with Gasteiger partial charge in [0, 0.05) is 10.0 Å². The van der Waals surface area contributed by atoms with Crippen LogP contribution in [0.2, 0.25) is 0 Å². The lowest BCUT2D eigenvalue weighted by Gasteiger charge is -2.20. The highest BCUT2D eigenvalue weighted by atomic mass is 79.9. The summed E-state index contributed by atoms with van der Waals surface area (Å²) in [7, 11) is 0. The maximum atomic E-state index is 14.2. The zero-order valence-electron chi connectivity index (χ0n) is 12.7. The molecule has 1 nitrogen and oxygen atoms in total. The molecule has 0 aromatic heterocycles. The molecule has 1 atom stereocenters. The van der Waals surface area contributed by atoms with E-state index in [1.807, 2.05) is 19.1 Å². The predicted octanol–water partition coefficient (Wildman–Crippen LogP) is 5.41. The number of hydrogen-bond acceptors (Lipinski definition) is 1. The summed E-state index contributed by atoms with van der Waals surface area (Å²) in [5.74, 6) is 0.310. The van der Waals surface area contributed by atoms with Crippen LogP contribution in [0.4, 0.5) is 4.39 Å². The Morgan fingerprint density at radius 1 is 1.05 bits per heavy atom. The van der Waals surface area contributed by atoms with Gasteiger partial charge < -0.3 is 5.32 Å². The van der Waals surface area contributed by atoms with Gasteiger partial charge >= 0.3 is 0 Å². The van der Waals surface area contributed by atoms with Crippen molar-refractivity contribution in [2.24, 2.45) is 0 Å². The molecule has 0 aliphatic carbocycles. The third-order valence-electron chi connectivity index (χ3n) is 3.62. The van der Waals surface area contributed by atoms with Crippen molar-refractivity contribution in [3.05, 3.63) is 69.4 Å². The van der Waals surface area contributed by atoms with Crippen LogP contribution in [0.15, 0.2) is 46.9 Å². The number of hydrogen-bond donors (Lipinski definition) is 1.